The summed E-state index contributed by atoms with van der Waals surface area (Å²) in [6.07, 6.45) is 0. The van der Waals surface area contributed by atoms with Crippen LogP contribution >= 0.6 is 43.4 Å². The first-order chi connectivity index (χ1) is 5.00. The molecule has 0 unspecified atom stereocenters. The minimum atomic E-state index is 0.750. The molecule has 70 valence electrons. The summed E-state index contributed by atoms with van der Waals surface area (Å²) in [7, 11) is 17.9. The predicted molar refractivity (Wildman–Crippen MR) is 46.6 cm³/mol. The molecule has 10 heavy (non-hydrogen) atoms. The van der Waals surface area contributed by atoms with Crippen LogP contribution < -0.4 is 10.2 Å². The van der Waals surface area contributed by atoms with Gasteiger partial charge < -0.3 is 10.2 Å². The van der Waals surface area contributed by atoms with E-state index in [9.17, 15) is 0 Å². The highest BCUT2D eigenvalue weighted by Crippen LogP contribution is 1.69. The zero-order valence-corrected chi connectivity index (χ0v) is 9.35. The highest BCUT2D eigenvalue weighted by Gasteiger charge is 1.00. The molecule has 0 aromatic heterocycles. The summed E-state index contributed by atoms with van der Waals surface area (Å²) >= 11 is 0. The zero-order valence-electron chi connectivity index (χ0n) is 6.33. The Balaban J connectivity index is -0.0000000104. The molecule has 0 aromatic carbocycles. The molecule has 6 heteroatoms. The van der Waals surface area contributed by atoms with Crippen molar-refractivity contribution in [2.75, 3.05) is 14.2 Å². The molecule has 0 amide bonds. The van der Waals surface area contributed by atoms with Crippen molar-refractivity contribution in [3.63, 3.8) is 0 Å². The lowest BCUT2D eigenvalue weighted by molar-refractivity contribution is -0.325. The fourth-order valence-corrected chi connectivity index (χ4v) is 0. The van der Waals surface area contributed by atoms with Gasteiger partial charge in [-0.25, -0.2) is 0 Å². The maximum Gasteiger partial charge on any atom is 0 e. The van der Waals surface area contributed by atoms with Gasteiger partial charge in [-0.15, -0.1) is 0 Å². The standard InChI is InChI=1S/C2H6.2CH3O.2Cl2/c5*1-2/h1-2H3;2*1H3;;/q;2*-1;;. The first-order valence-corrected chi connectivity index (χ1v) is 4.39. The topological polar surface area (TPSA) is 46.1 Å². The summed E-state index contributed by atoms with van der Waals surface area (Å²) in [6.45, 7) is 4.00. The lowest BCUT2D eigenvalue weighted by Crippen LogP contribution is -1.81. The van der Waals surface area contributed by atoms with Crippen LogP contribution in [0.2, 0.25) is 0 Å². The highest BCUT2D eigenvalue weighted by atomic mass is 36.5. The zero-order chi connectivity index (χ0) is 10.0. The van der Waals surface area contributed by atoms with E-state index in [2.05, 4.69) is 43.4 Å². The molecule has 0 rings (SSSR count). The van der Waals surface area contributed by atoms with Gasteiger partial charge in [0.25, 0.3) is 0 Å². The van der Waals surface area contributed by atoms with Crippen LogP contribution in [0.1, 0.15) is 13.8 Å². The van der Waals surface area contributed by atoms with Crippen LogP contribution in [0, 0.1) is 0 Å². The van der Waals surface area contributed by atoms with Crippen LogP contribution in [0.5, 0.6) is 0 Å². The van der Waals surface area contributed by atoms with Crippen molar-refractivity contribution in [1.29, 1.82) is 0 Å². The number of rotatable bonds is 0. The van der Waals surface area contributed by atoms with E-state index in [1.807, 2.05) is 13.8 Å². The molecule has 2 nitrogen and oxygen atoms in total. The fourth-order valence-electron chi connectivity index (χ4n) is 0. The molecule has 0 aliphatic heterocycles. The molecule has 0 N–H and O–H groups in total. The van der Waals surface area contributed by atoms with E-state index in [-0.39, 0.29) is 0 Å². The molecule has 0 aliphatic carbocycles. The van der Waals surface area contributed by atoms with E-state index in [0.29, 0.717) is 0 Å². The third kappa shape index (κ3) is 508. The average molecular weight is 234 g/mol. The lowest BCUT2D eigenvalue weighted by atomic mass is 11.0. The highest BCUT2D eigenvalue weighted by molar-refractivity contribution is 6.86. The van der Waals surface area contributed by atoms with Crippen molar-refractivity contribution in [3.05, 3.63) is 0 Å². The van der Waals surface area contributed by atoms with Gasteiger partial charge in [-0.2, -0.15) is 14.2 Å². The lowest BCUT2D eigenvalue weighted by Gasteiger charge is -1.57. The molecule has 0 fully saturated rings. The first-order valence-electron chi connectivity index (χ1n) is 2.10. The molecule has 0 heterocycles. The molecule has 0 atom stereocenters. The molecule has 0 bridgehead atoms. The van der Waals surface area contributed by atoms with Gasteiger partial charge in [-0.1, -0.05) is 13.8 Å². The quantitative estimate of drug-likeness (QED) is 0.640. The van der Waals surface area contributed by atoms with E-state index in [0.717, 1.165) is 14.2 Å². The van der Waals surface area contributed by atoms with E-state index < -0.39 is 0 Å². The Kier molecular flexibility index (Phi) is 2170. The van der Waals surface area contributed by atoms with Crippen molar-refractivity contribution in [2.24, 2.45) is 0 Å². The van der Waals surface area contributed by atoms with Crippen LogP contribution in [-0.2, 0) is 0 Å². The SMILES string of the molecule is CC.C[O-].C[O-].ClCl.ClCl. The van der Waals surface area contributed by atoms with Crippen LogP contribution in [0.15, 0.2) is 0 Å². The van der Waals surface area contributed by atoms with E-state index in [4.69, 9.17) is 10.2 Å². The van der Waals surface area contributed by atoms with Gasteiger partial charge >= 0.3 is 0 Å². The molecule has 0 aliphatic rings. The Morgan fingerprint density at radius 1 is 0.600 bits per heavy atom. The van der Waals surface area contributed by atoms with Crippen molar-refractivity contribution in [1.82, 2.24) is 0 Å². The second-order valence-corrected chi connectivity index (χ2v) is 0. The Morgan fingerprint density at radius 3 is 0.600 bits per heavy atom. The Labute approximate surface area is 81.8 Å². The van der Waals surface area contributed by atoms with Crippen LogP contribution in [-0.4, -0.2) is 14.2 Å². The Bertz CT molecular complexity index is 15.2. The van der Waals surface area contributed by atoms with Crippen LogP contribution in [0.25, 0.3) is 0 Å². The smallest absolute Gasteiger partial charge is 0 e. The summed E-state index contributed by atoms with van der Waals surface area (Å²) in [5.41, 5.74) is 0. The molecular weight excluding hydrogens is 222 g/mol. The molecule has 0 saturated carbocycles. The number of hydrogen-bond acceptors (Lipinski definition) is 2. The Hall–Kier alpha value is 1.08. The fraction of sp³-hybridized carbons (Fsp3) is 1.00. The number of halogens is 4. The molecule has 0 saturated heterocycles. The first kappa shape index (κ1) is 30.5. The molecule has 0 radical (unpaired) electrons. The third-order valence-corrected chi connectivity index (χ3v) is 0. The van der Waals surface area contributed by atoms with E-state index >= 15 is 0 Å². The van der Waals surface area contributed by atoms with Gasteiger partial charge in [0.1, 0.15) is 0 Å². The second-order valence-electron chi connectivity index (χ2n) is 0. The normalized spacial score (nSPS) is 3.00. The summed E-state index contributed by atoms with van der Waals surface area (Å²) in [5.74, 6) is 0. The van der Waals surface area contributed by atoms with Crippen molar-refractivity contribution < 1.29 is 10.2 Å². The predicted octanol–water partition coefficient (Wildman–Crippen LogP) is 1.74. The maximum atomic E-state index is 8.25. The summed E-state index contributed by atoms with van der Waals surface area (Å²) in [5, 5.41) is 16.5. The van der Waals surface area contributed by atoms with Crippen molar-refractivity contribution >= 4 is 43.4 Å². The molecule has 0 aromatic rings. The monoisotopic (exact) mass is 232 g/mol. The van der Waals surface area contributed by atoms with Crippen LogP contribution in [0.3, 0.4) is 0 Å². The van der Waals surface area contributed by atoms with Gasteiger partial charge in [-0.05, 0) is 0 Å². The Morgan fingerprint density at radius 2 is 0.600 bits per heavy atom. The van der Waals surface area contributed by atoms with Gasteiger partial charge in [0.2, 0.25) is 0 Å². The van der Waals surface area contributed by atoms with Crippen LogP contribution in [0.4, 0.5) is 0 Å². The van der Waals surface area contributed by atoms with Gasteiger partial charge in [0.15, 0.2) is 0 Å². The summed E-state index contributed by atoms with van der Waals surface area (Å²) < 4.78 is 0. The minimum absolute atomic E-state index is 0.750. The largest absolute Gasteiger partial charge is 0.857 e. The van der Waals surface area contributed by atoms with Gasteiger partial charge in [0, 0.05) is 43.4 Å². The van der Waals surface area contributed by atoms with E-state index in [1.165, 1.54) is 0 Å². The third-order valence-electron chi connectivity index (χ3n) is 0. The molecular formula is C4H12Cl4O2-2. The summed E-state index contributed by atoms with van der Waals surface area (Å²) in [6, 6.07) is 0. The molecule has 0 spiro atoms. The average Bonchev–Trinajstić information content (AvgIpc) is 2.20. The number of hydrogen-bond donors (Lipinski definition) is 0. The van der Waals surface area contributed by atoms with Gasteiger partial charge in [-0.3, -0.25) is 0 Å². The van der Waals surface area contributed by atoms with Gasteiger partial charge in [0.05, 0.1) is 0 Å². The minimum Gasteiger partial charge on any atom is -0.857 e. The second kappa shape index (κ2) is 712. The van der Waals surface area contributed by atoms with E-state index in [1.54, 1.807) is 0 Å². The van der Waals surface area contributed by atoms with Crippen molar-refractivity contribution in [3.8, 4) is 0 Å². The maximum absolute atomic E-state index is 8.25. The van der Waals surface area contributed by atoms with Crippen molar-refractivity contribution in [2.45, 2.75) is 13.8 Å². The summed E-state index contributed by atoms with van der Waals surface area (Å²) in [4.78, 5) is 0.